The van der Waals surface area contributed by atoms with E-state index in [1.54, 1.807) is 33.3 Å². The first-order valence-corrected chi connectivity index (χ1v) is 12.2. The molecular weight excluding hydrogens is 476 g/mol. The van der Waals surface area contributed by atoms with Crippen LogP contribution in [0.5, 0.6) is 11.5 Å². The van der Waals surface area contributed by atoms with Crippen molar-refractivity contribution >= 4 is 17.4 Å². The van der Waals surface area contributed by atoms with Crippen molar-refractivity contribution in [3.8, 4) is 11.5 Å². The van der Waals surface area contributed by atoms with Crippen molar-refractivity contribution in [1.82, 2.24) is 5.32 Å². The number of nitrogens with one attached hydrogen (secondary N) is 1. The molecule has 0 bridgehead atoms. The molecule has 194 valence electrons. The van der Waals surface area contributed by atoms with Gasteiger partial charge >= 0.3 is 5.97 Å². The molecule has 1 heterocycles. The number of nitro benzene ring substituents is 1. The molecule has 2 aromatic carbocycles. The summed E-state index contributed by atoms with van der Waals surface area (Å²) >= 11 is 0. The first-order chi connectivity index (χ1) is 17.8. The van der Waals surface area contributed by atoms with E-state index in [1.807, 2.05) is 25.1 Å². The number of allylic oxidation sites excluding steroid dienone is 3. The number of nitrogens with zero attached hydrogens (tertiary/aromatic N) is 1. The third-order valence-electron chi connectivity index (χ3n) is 6.80. The Morgan fingerprint density at radius 2 is 1.73 bits per heavy atom. The van der Waals surface area contributed by atoms with Gasteiger partial charge in [0.25, 0.3) is 5.69 Å². The highest BCUT2D eigenvalue weighted by molar-refractivity contribution is 6.04. The molecule has 0 radical (unpaired) electrons. The van der Waals surface area contributed by atoms with Gasteiger partial charge in [0, 0.05) is 41.4 Å². The lowest BCUT2D eigenvalue weighted by molar-refractivity contribution is -0.384. The summed E-state index contributed by atoms with van der Waals surface area (Å²) < 4.78 is 16.3. The minimum atomic E-state index is -0.680. The van der Waals surface area contributed by atoms with E-state index in [2.05, 4.69) is 5.32 Å². The Kier molecular flexibility index (Phi) is 7.61. The second-order valence-corrected chi connectivity index (χ2v) is 9.12. The summed E-state index contributed by atoms with van der Waals surface area (Å²) in [6, 6.07) is 11.6. The van der Waals surface area contributed by atoms with E-state index in [0.717, 1.165) is 11.3 Å². The molecule has 0 aromatic heterocycles. The molecular formula is C28H30N2O7. The zero-order chi connectivity index (χ0) is 26.7. The number of esters is 1. The lowest BCUT2D eigenvalue weighted by Crippen LogP contribution is -2.36. The van der Waals surface area contributed by atoms with E-state index in [0.29, 0.717) is 46.7 Å². The molecule has 37 heavy (non-hydrogen) atoms. The van der Waals surface area contributed by atoms with Crippen LogP contribution in [-0.2, 0) is 14.3 Å². The molecule has 4 rings (SSSR count). The van der Waals surface area contributed by atoms with Gasteiger partial charge in [-0.1, -0.05) is 25.1 Å². The average molecular weight is 507 g/mol. The van der Waals surface area contributed by atoms with Crippen LogP contribution < -0.4 is 14.8 Å². The largest absolute Gasteiger partial charge is 0.493 e. The summed E-state index contributed by atoms with van der Waals surface area (Å²) in [5.74, 6) is -0.180. The van der Waals surface area contributed by atoms with Gasteiger partial charge in [0.05, 0.1) is 31.3 Å². The predicted molar refractivity (Wildman–Crippen MR) is 136 cm³/mol. The van der Waals surface area contributed by atoms with Crippen LogP contribution >= 0.6 is 0 Å². The smallest absolute Gasteiger partial charge is 0.336 e. The Labute approximate surface area is 215 Å². The van der Waals surface area contributed by atoms with Crippen LogP contribution in [0.15, 0.2) is 65.0 Å². The fraction of sp³-hybridized carbons (Fsp3) is 0.357. The van der Waals surface area contributed by atoms with E-state index in [-0.39, 0.29) is 30.4 Å². The van der Waals surface area contributed by atoms with Crippen LogP contribution in [0.3, 0.4) is 0 Å². The normalized spacial score (nSPS) is 19.2. The number of nitro groups is 1. The van der Waals surface area contributed by atoms with Gasteiger partial charge in [-0.15, -0.1) is 0 Å². The first kappa shape index (κ1) is 25.9. The average Bonchev–Trinajstić information content (AvgIpc) is 2.90. The van der Waals surface area contributed by atoms with Gasteiger partial charge in [0.1, 0.15) is 0 Å². The number of ketones is 1. The summed E-state index contributed by atoms with van der Waals surface area (Å²) in [5, 5.41) is 14.5. The number of Topliss-reactive ketones (excluding diaryl/α,β-unsaturated/α-hetero) is 1. The minimum Gasteiger partial charge on any atom is -0.493 e. The van der Waals surface area contributed by atoms with Gasteiger partial charge < -0.3 is 19.5 Å². The molecule has 0 unspecified atom stereocenters. The third kappa shape index (κ3) is 5.07. The number of carbonyl (C=O) groups excluding carboxylic acids is 2. The number of ether oxygens (including phenoxy) is 3. The lowest BCUT2D eigenvalue weighted by atomic mass is 9.71. The number of methoxy groups -OCH3 is 2. The van der Waals surface area contributed by atoms with E-state index in [1.165, 1.54) is 12.1 Å². The molecule has 0 saturated heterocycles. The highest BCUT2D eigenvalue weighted by atomic mass is 16.6. The number of non-ortho nitro benzene ring substituents is 1. The Hall–Kier alpha value is -4.14. The van der Waals surface area contributed by atoms with Gasteiger partial charge in [0.15, 0.2) is 17.3 Å². The van der Waals surface area contributed by atoms with Crippen molar-refractivity contribution in [1.29, 1.82) is 0 Å². The van der Waals surface area contributed by atoms with Crippen molar-refractivity contribution in [2.45, 2.75) is 44.9 Å². The van der Waals surface area contributed by atoms with Gasteiger partial charge in [-0.3, -0.25) is 14.9 Å². The zero-order valence-electron chi connectivity index (χ0n) is 21.3. The lowest BCUT2D eigenvalue weighted by Gasteiger charge is -2.36. The topological polar surface area (TPSA) is 117 Å². The number of benzene rings is 2. The number of dihydropyridines is 1. The van der Waals surface area contributed by atoms with Crippen LogP contribution in [0.2, 0.25) is 0 Å². The van der Waals surface area contributed by atoms with Crippen LogP contribution in [0.25, 0.3) is 0 Å². The Balaban J connectivity index is 1.76. The molecule has 0 amide bonds. The molecule has 2 aliphatic rings. The third-order valence-corrected chi connectivity index (χ3v) is 6.80. The van der Waals surface area contributed by atoms with Crippen molar-refractivity contribution in [3.05, 3.63) is 86.2 Å². The zero-order valence-corrected chi connectivity index (χ0v) is 21.3. The highest BCUT2D eigenvalue weighted by Gasteiger charge is 2.41. The predicted octanol–water partition coefficient (Wildman–Crippen LogP) is 4.93. The highest BCUT2D eigenvalue weighted by Crippen LogP contribution is 2.46. The Morgan fingerprint density at radius 1 is 1.05 bits per heavy atom. The fourth-order valence-corrected chi connectivity index (χ4v) is 5.05. The maximum Gasteiger partial charge on any atom is 0.336 e. The number of hydrogen-bond acceptors (Lipinski definition) is 8. The second kappa shape index (κ2) is 10.9. The van der Waals surface area contributed by atoms with Crippen LogP contribution in [0.4, 0.5) is 5.69 Å². The molecule has 0 saturated carbocycles. The van der Waals surface area contributed by atoms with Gasteiger partial charge in [-0.05, 0) is 48.9 Å². The van der Waals surface area contributed by atoms with E-state index < -0.39 is 16.8 Å². The number of hydrogen-bond donors (Lipinski definition) is 1. The molecule has 9 nitrogen and oxygen atoms in total. The molecule has 9 heteroatoms. The molecule has 0 fully saturated rings. The van der Waals surface area contributed by atoms with Crippen LogP contribution in [0, 0.1) is 10.1 Å². The standard InChI is InChI=1S/C28H30N2O7/c1-5-12-37-28(32)25-16(2)29-21-13-19(18-8-11-23(35-3)24(15-18)36-4)14-22(31)27(21)26(25)17-6-9-20(10-7-17)30(33)34/h6-11,15,19,26,29H,5,12-14H2,1-4H3/t19-,26+/m1/s1. The van der Waals surface area contributed by atoms with Crippen molar-refractivity contribution < 1.29 is 28.7 Å². The fourth-order valence-electron chi connectivity index (χ4n) is 5.05. The molecule has 0 spiro atoms. The molecule has 1 N–H and O–H groups in total. The number of rotatable bonds is 8. The number of carbonyl (C=O) groups is 2. The van der Waals surface area contributed by atoms with Gasteiger partial charge in [-0.25, -0.2) is 4.79 Å². The SMILES string of the molecule is CCCOC(=O)C1=C(C)NC2=C(C(=O)C[C@H](c3ccc(OC)c(OC)c3)C2)[C@H]1c1ccc([N+](=O)[O-])cc1. The van der Waals surface area contributed by atoms with Gasteiger partial charge in [-0.2, -0.15) is 0 Å². The van der Waals surface area contributed by atoms with Crippen molar-refractivity contribution in [2.24, 2.45) is 0 Å². The van der Waals surface area contributed by atoms with Crippen molar-refractivity contribution in [2.75, 3.05) is 20.8 Å². The van der Waals surface area contributed by atoms with E-state index >= 15 is 0 Å². The van der Waals surface area contributed by atoms with Crippen LogP contribution in [-0.4, -0.2) is 37.5 Å². The Morgan fingerprint density at radius 3 is 2.35 bits per heavy atom. The van der Waals surface area contributed by atoms with Crippen LogP contribution in [0.1, 0.15) is 56.1 Å². The quantitative estimate of drug-likeness (QED) is 0.304. The molecule has 1 aliphatic carbocycles. The summed E-state index contributed by atoms with van der Waals surface area (Å²) in [5.41, 5.74) is 3.69. The summed E-state index contributed by atoms with van der Waals surface area (Å²) in [4.78, 5) is 37.6. The Bertz CT molecular complexity index is 1290. The summed E-state index contributed by atoms with van der Waals surface area (Å²) in [7, 11) is 3.14. The van der Waals surface area contributed by atoms with Crippen molar-refractivity contribution in [3.63, 3.8) is 0 Å². The minimum absolute atomic E-state index is 0.0637. The molecule has 2 atom stereocenters. The van der Waals surface area contributed by atoms with E-state index in [9.17, 15) is 19.7 Å². The summed E-state index contributed by atoms with van der Waals surface area (Å²) in [6.07, 6.45) is 1.46. The first-order valence-electron chi connectivity index (χ1n) is 12.2. The van der Waals surface area contributed by atoms with Gasteiger partial charge in [0.2, 0.25) is 0 Å². The molecule has 1 aliphatic heterocycles. The molecule has 2 aromatic rings. The monoisotopic (exact) mass is 506 g/mol. The maximum atomic E-state index is 13.7. The van der Waals surface area contributed by atoms with E-state index in [4.69, 9.17) is 14.2 Å². The summed E-state index contributed by atoms with van der Waals surface area (Å²) in [6.45, 7) is 3.94. The maximum absolute atomic E-state index is 13.7. The second-order valence-electron chi connectivity index (χ2n) is 9.12.